The van der Waals surface area contributed by atoms with E-state index in [1.807, 2.05) is 31.2 Å². The number of nitrogens with one attached hydrogen (secondary N) is 1. The van der Waals surface area contributed by atoms with Crippen LogP contribution in [0.4, 0.5) is 14.5 Å². The van der Waals surface area contributed by atoms with E-state index < -0.39 is 11.5 Å². The maximum atomic E-state index is 13.2. The zero-order chi connectivity index (χ0) is 15.7. The van der Waals surface area contributed by atoms with Gasteiger partial charge in [-0.15, -0.1) is 0 Å². The van der Waals surface area contributed by atoms with E-state index in [4.69, 9.17) is 0 Å². The van der Waals surface area contributed by atoms with Crippen molar-refractivity contribution in [2.75, 3.05) is 18.4 Å². The Bertz CT molecular complexity index is 502. The highest BCUT2D eigenvalue weighted by molar-refractivity contribution is 5.88. The Morgan fingerprint density at radius 2 is 1.71 bits per heavy atom. The summed E-state index contributed by atoms with van der Waals surface area (Å²) in [7, 11) is 0. The molecule has 1 aliphatic rings. The topological polar surface area (TPSA) is 32.3 Å². The molecule has 0 atom stereocenters. The highest BCUT2D eigenvalue weighted by Crippen LogP contribution is 2.29. The number of hydrogen-bond donors (Lipinski definition) is 1. The standard InChI is InChI=1S/C16H22F2N2O/c1-12-4-6-13(7-5-12)19-15(2,3)14(21)20-10-8-16(17,18)9-11-20/h4-7,19H,8-11H2,1-3H3. The summed E-state index contributed by atoms with van der Waals surface area (Å²) in [6.45, 7) is 5.79. The Morgan fingerprint density at radius 1 is 1.19 bits per heavy atom. The van der Waals surface area contributed by atoms with Gasteiger partial charge in [-0.25, -0.2) is 8.78 Å². The molecule has 0 saturated carbocycles. The fourth-order valence-corrected chi connectivity index (χ4v) is 2.48. The quantitative estimate of drug-likeness (QED) is 0.926. The van der Waals surface area contributed by atoms with Crippen molar-refractivity contribution < 1.29 is 13.6 Å². The highest BCUT2D eigenvalue weighted by atomic mass is 19.3. The van der Waals surface area contributed by atoms with E-state index in [9.17, 15) is 13.6 Å². The second-order valence-corrected chi connectivity index (χ2v) is 6.26. The van der Waals surface area contributed by atoms with E-state index in [-0.39, 0.29) is 31.8 Å². The van der Waals surface area contributed by atoms with Gasteiger partial charge in [0.1, 0.15) is 5.54 Å². The summed E-state index contributed by atoms with van der Waals surface area (Å²) in [5.41, 5.74) is 1.17. The van der Waals surface area contributed by atoms with Crippen molar-refractivity contribution in [1.29, 1.82) is 0 Å². The third-order valence-electron chi connectivity index (χ3n) is 3.83. The average molecular weight is 296 g/mol. The largest absolute Gasteiger partial charge is 0.372 e. The lowest BCUT2D eigenvalue weighted by Crippen LogP contribution is -2.53. The molecule has 21 heavy (non-hydrogen) atoms. The molecule has 2 rings (SSSR count). The summed E-state index contributed by atoms with van der Waals surface area (Å²) in [6, 6.07) is 7.75. The summed E-state index contributed by atoms with van der Waals surface area (Å²) in [4.78, 5) is 14.0. The van der Waals surface area contributed by atoms with Crippen LogP contribution in [0.5, 0.6) is 0 Å². The first-order chi connectivity index (χ1) is 9.70. The number of piperidine rings is 1. The predicted octanol–water partition coefficient (Wildman–Crippen LogP) is 3.44. The second-order valence-electron chi connectivity index (χ2n) is 6.26. The molecule has 1 saturated heterocycles. The van der Waals surface area contributed by atoms with E-state index in [0.717, 1.165) is 11.3 Å². The fourth-order valence-electron chi connectivity index (χ4n) is 2.48. The fraction of sp³-hybridized carbons (Fsp3) is 0.562. The number of aryl methyl sites for hydroxylation is 1. The zero-order valence-corrected chi connectivity index (χ0v) is 12.7. The molecule has 3 nitrogen and oxygen atoms in total. The summed E-state index contributed by atoms with van der Waals surface area (Å²) in [5.74, 6) is -2.77. The predicted molar refractivity (Wildman–Crippen MR) is 79.6 cm³/mol. The molecule has 5 heteroatoms. The SMILES string of the molecule is Cc1ccc(NC(C)(C)C(=O)N2CCC(F)(F)CC2)cc1. The number of halogens is 2. The molecule has 0 radical (unpaired) electrons. The van der Waals surface area contributed by atoms with Crippen molar-refractivity contribution in [2.45, 2.75) is 45.1 Å². The van der Waals surface area contributed by atoms with Gasteiger partial charge in [0, 0.05) is 31.6 Å². The molecular formula is C16H22F2N2O. The number of carbonyl (C=O) groups excluding carboxylic acids is 1. The molecule has 0 unspecified atom stereocenters. The van der Waals surface area contributed by atoms with E-state index in [1.165, 1.54) is 4.90 Å². The van der Waals surface area contributed by atoms with Gasteiger partial charge in [0.05, 0.1) is 0 Å². The van der Waals surface area contributed by atoms with Crippen molar-refractivity contribution in [3.63, 3.8) is 0 Å². The summed E-state index contributed by atoms with van der Waals surface area (Å²) >= 11 is 0. The first-order valence-electron chi connectivity index (χ1n) is 7.22. The van der Waals surface area contributed by atoms with Gasteiger partial charge in [-0.2, -0.15) is 0 Å². The first-order valence-corrected chi connectivity index (χ1v) is 7.22. The Labute approximate surface area is 124 Å². The molecule has 1 heterocycles. The molecule has 1 fully saturated rings. The van der Waals surface area contributed by atoms with Gasteiger partial charge in [0.25, 0.3) is 5.92 Å². The second kappa shape index (κ2) is 5.62. The van der Waals surface area contributed by atoms with E-state index in [2.05, 4.69) is 5.32 Å². The van der Waals surface area contributed by atoms with Crippen LogP contribution in [-0.4, -0.2) is 35.4 Å². The van der Waals surface area contributed by atoms with Gasteiger partial charge in [-0.1, -0.05) is 17.7 Å². The summed E-state index contributed by atoms with van der Waals surface area (Å²) in [5, 5.41) is 3.18. The molecule has 1 aromatic carbocycles. The van der Waals surface area contributed by atoms with Crippen LogP contribution < -0.4 is 5.32 Å². The third kappa shape index (κ3) is 3.93. The number of carbonyl (C=O) groups is 1. The van der Waals surface area contributed by atoms with Crippen molar-refractivity contribution in [2.24, 2.45) is 0 Å². The van der Waals surface area contributed by atoms with Crippen molar-refractivity contribution >= 4 is 11.6 Å². The van der Waals surface area contributed by atoms with Crippen LogP contribution in [0.3, 0.4) is 0 Å². The van der Waals surface area contributed by atoms with Crippen LogP contribution in [0.15, 0.2) is 24.3 Å². The first kappa shape index (κ1) is 15.7. The maximum Gasteiger partial charge on any atom is 0.251 e. The molecule has 1 aliphatic heterocycles. The van der Waals surface area contributed by atoms with Crippen molar-refractivity contribution in [1.82, 2.24) is 4.90 Å². The smallest absolute Gasteiger partial charge is 0.251 e. The molecule has 0 aromatic heterocycles. The van der Waals surface area contributed by atoms with Crippen molar-refractivity contribution in [3.05, 3.63) is 29.8 Å². The van der Waals surface area contributed by atoms with Gasteiger partial charge < -0.3 is 10.2 Å². The average Bonchev–Trinajstić information content (AvgIpc) is 2.40. The zero-order valence-electron chi connectivity index (χ0n) is 12.7. The van der Waals surface area contributed by atoms with Gasteiger partial charge in [0.2, 0.25) is 5.91 Å². The minimum Gasteiger partial charge on any atom is -0.372 e. The highest BCUT2D eigenvalue weighted by Gasteiger charge is 2.39. The van der Waals surface area contributed by atoms with E-state index >= 15 is 0 Å². The number of hydrogen-bond acceptors (Lipinski definition) is 2. The maximum absolute atomic E-state index is 13.2. The monoisotopic (exact) mass is 296 g/mol. The summed E-state index contributed by atoms with van der Waals surface area (Å²) < 4.78 is 26.3. The Balaban J connectivity index is 2.01. The van der Waals surface area contributed by atoms with Crippen LogP contribution in [-0.2, 0) is 4.79 Å². The Kier molecular flexibility index (Phi) is 4.21. The van der Waals surface area contributed by atoms with Gasteiger partial charge in [-0.3, -0.25) is 4.79 Å². The number of amides is 1. The number of benzene rings is 1. The van der Waals surface area contributed by atoms with Gasteiger partial charge in [-0.05, 0) is 32.9 Å². The number of likely N-dealkylation sites (tertiary alicyclic amines) is 1. The Morgan fingerprint density at radius 3 is 2.24 bits per heavy atom. The lowest BCUT2D eigenvalue weighted by molar-refractivity contribution is -0.141. The lowest BCUT2D eigenvalue weighted by atomic mass is 9.99. The van der Waals surface area contributed by atoms with Gasteiger partial charge >= 0.3 is 0 Å². The molecule has 1 amide bonds. The van der Waals surface area contributed by atoms with Crippen LogP contribution in [0.2, 0.25) is 0 Å². The third-order valence-corrected chi connectivity index (χ3v) is 3.83. The number of rotatable bonds is 3. The molecule has 1 N–H and O–H groups in total. The van der Waals surface area contributed by atoms with E-state index in [0.29, 0.717) is 0 Å². The molecular weight excluding hydrogens is 274 g/mol. The van der Waals surface area contributed by atoms with Crippen LogP contribution in [0, 0.1) is 6.92 Å². The van der Waals surface area contributed by atoms with Crippen LogP contribution in [0.1, 0.15) is 32.3 Å². The van der Waals surface area contributed by atoms with Gasteiger partial charge in [0.15, 0.2) is 0 Å². The van der Waals surface area contributed by atoms with Crippen LogP contribution in [0.25, 0.3) is 0 Å². The number of anilines is 1. The molecule has 0 spiro atoms. The molecule has 0 aliphatic carbocycles. The summed E-state index contributed by atoms with van der Waals surface area (Å²) in [6.07, 6.45) is -0.501. The normalized spacial score (nSPS) is 18.4. The van der Waals surface area contributed by atoms with Crippen LogP contribution >= 0.6 is 0 Å². The molecule has 116 valence electrons. The van der Waals surface area contributed by atoms with E-state index in [1.54, 1.807) is 13.8 Å². The number of nitrogens with zero attached hydrogens (tertiary/aromatic N) is 1. The lowest BCUT2D eigenvalue weighted by Gasteiger charge is -2.37. The minimum atomic E-state index is -2.63. The molecule has 1 aromatic rings. The molecule has 0 bridgehead atoms. The van der Waals surface area contributed by atoms with Crippen molar-refractivity contribution in [3.8, 4) is 0 Å². The minimum absolute atomic E-state index is 0.116. The number of alkyl halides is 2. The Hall–Kier alpha value is -1.65.